The number of likely N-dealkylation sites (tertiary alicyclic amines) is 1. The molecule has 1 rings (SSSR count). The highest BCUT2D eigenvalue weighted by molar-refractivity contribution is 4.92. The minimum Gasteiger partial charge on any atom is -0.329 e. The Balaban J connectivity index is 2.36. The Bertz CT molecular complexity index is 137. The molecule has 1 saturated heterocycles. The number of nitrogens with two attached hydrogens (primary N) is 1. The van der Waals surface area contributed by atoms with E-state index in [0.717, 1.165) is 19.6 Å². The number of rotatable bonds is 2. The van der Waals surface area contributed by atoms with Gasteiger partial charge in [-0.1, -0.05) is 5.92 Å². The van der Waals surface area contributed by atoms with Crippen LogP contribution in [0.15, 0.2) is 0 Å². The van der Waals surface area contributed by atoms with Crippen molar-refractivity contribution in [1.29, 1.82) is 0 Å². The van der Waals surface area contributed by atoms with Crippen molar-refractivity contribution in [3.8, 4) is 12.3 Å². The van der Waals surface area contributed by atoms with Crippen LogP contribution in [0.25, 0.3) is 0 Å². The van der Waals surface area contributed by atoms with Crippen LogP contribution < -0.4 is 5.73 Å². The zero-order chi connectivity index (χ0) is 7.40. The molecule has 0 amide bonds. The molecule has 0 saturated carbocycles. The standard InChI is InChI=1S/C8H14N2/c1-2-5-10-6-3-4-8(10)7-9/h1,8H,3-7,9H2. The van der Waals surface area contributed by atoms with Crippen LogP contribution in [0.3, 0.4) is 0 Å². The Labute approximate surface area is 62.4 Å². The molecule has 0 aromatic heterocycles. The molecule has 0 aromatic rings. The van der Waals surface area contributed by atoms with Crippen LogP contribution in [0.4, 0.5) is 0 Å². The summed E-state index contributed by atoms with van der Waals surface area (Å²) in [5.41, 5.74) is 5.54. The molecule has 1 aliphatic rings. The van der Waals surface area contributed by atoms with Gasteiger partial charge in [-0.05, 0) is 19.4 Å². The lowest BCUT2D eigenvalue weighted by atomic mass is 10.2. The maximum atomic E-state index is 5.54. The molecule has 0 bridgehead atoms. The molecule has 0 aromatic carbocycles. The average molecular weight is 138 g/mol. The molecule has 1 aliphatic heterocycles. The summed E-state index contributed by atoms with van der Waals surface area (Å²) >= 11 is 0. The van der Waals surface area contributed by atoms with Gasteiger partial charge >= 0.3 is 0 Å². The summed E-state index contributed by atoms with van der Waals surface area (Å²) in [6.07, 6.45) is 7.67. The second-order valence-electron chi connectivity index (χ2n) is 2.71. The lowest BCUT2D eigenvalue weighted by Crippen LogP contribution is -2.35. The molecule has 1 heterocycles. The van der Waals surface area contributed by atoms with Crippen LogP contribution in [-0.4, -0.2) is 30.6 Å². The van der Waals surface area contributed by atoms with Gasteiger partial charge in [-0.25, -0.2) is 0 Å². The molecule has 1 unspecified atom stereocenters. The van der Waals surface area contributed by atoms with Gasteiger partial charge < -0.3 is 5.73 Å². The molecule has 56 valence electrons. The van der Waals surface area contributed by atoms with Crippen LogP contribution in [0.2, 0.25) is 0 Å². The summed E-state index contributed by atoms with van der Waals surface area (Å²) < 4.78 is 0. The maximum absolute atomic E-state index is 5.54. The molecule has 0 spiro atoms. The second-order valence-corrected chi connectivity index (χ2v) is 2.71. The Morgan fingerprint density at radius 2 is 2.50 bits per heavy atom. The van der Waals surface area contributed by atoms with E-state index in [-0.39, 0.29) is 0 Å². The Morgan fingerprint density at radius 3 is 3.10 bits per heavy atom. The summed E-state index contributed by atoms with van der Waals surface area (Å²) in [5, 5.41) is 0. The van der Waals surface area contributed by atoms with Gasteiger partial charge in [-0.15, -0.1) is 6.42 Å². The molecule has 2 N–H and O–H groups in total. The first-order chi connectivity index (χ1) is 4.88. The Hall–Kier alpha value is -0.520. The molecule has 10 heavy (non-hydrogen) atoms. The van der Waals surface area contributed by atoms with Gasteiger partial charge in [0.25, 0.3) is 0 Å². The second kappa shape index (κ2) is 3.60. The first-order valence-corrected chi connectivity index (χ1v) is 3.76. The summed E-state index contributed by atoms with van der Waals surface area (Å²) in [4.78, 5) is 2.28. The third-order valence-corrected chi connectivity index (χ3v) is 2.07. The van der Waals surface area contributed by atoms with Crippen molar-refractivity contribution < 1.29 is 0 Å². The lowest BCUT2D eigenvalue weighted by molar-refractivity contribution is 0.290. The highest BCUT2D eigenvalue weighted by atomic mass is 15.2. The molecular formula is C8H14N2. The molecule has 0 radical (unpaired) electrons. The van der Waals surface area contributed by atoms with Crippen LogP contribution in [0, 0.1) is 12.3 Å². The third kappa shape index (κ3) is 1.50. The fourth-order valence-electron chi connectivity index (χ4n) is 1.49. The van der Waals surface area contributed by atoms with Crippen molar-refractivity contribution in [2.45, 2.75) is 18.9 Å². The van der Waals surface area contributed by atoms with Crippen LogP contribution in [0.1, 0.15) is 12.8 Å². The molecule has 0 aliphatic carbocycles. The summed E-state index contributed by atoms with van der Waals surface area (Å²) in [5.74, 6) is 2.64. The largest absolute Gasteiger partial charge is 0.329 e. The zero-order valence-electron chi connectivity index (χ0n) is 6.21. The highest BCUT2D eigenvalue weighted by Gasteiger charge is 2.21. The molecule has 1 fully saturated rings. The highest BCUT2D eigenvalue weighted by Crippen LogP contribution is 2.14. The van der Waals surface area contributed by atoms with Crippen molar-refractivity contribution in [2.75, 3.05) is 19.6 Å². The monoisotopic (exact) mass is 138 g/mol. The van der Waals surface area contributed by atoms with E-state index in [9.17, 15) is 0 Å². The predicted molar refractivity (Wildman–Crippen MR) is 42.5 cm³/mol. The van der Waals surface area contributed by atoms with Crippen LogP contribution in [0.5, 0.6) is 0 Å². The van der Waals surface area contributed by atoms with Crippen LogP contribution in [-0.2, 0) is 0 Å². The maximum Gasteiger partial charge on any atom is 0.0601 e. The summed E-state index contributed by atoms with van der Waals surface area (Å²) in [7, 11) is 0. The Morgan fingerprint density at radius 1 is 1.70 bits per heavy atom. The molecule has 2 heteroatoms. The average Bonchev–Trinajstić information content (AvgIpc) is 2.36. The van der Waals surface area contributed by atoms with E-state index in [0.29, 0.717) is 6.04 Å². The number of nitrogens with zero attached hydrogens (tertiary/aromatic N) is 1. The first-order valence-electron chi connectivity index (χ1n) is 3.76. The molecular weight excluding hydrogens is 124 g/mol. The SMILES string of the molecule is C#CCN1CCCC1CN. The van der Waals surface area contributed by atoms with Crippen molar-refractivity contribution in [2.24, 2.45) is 5.73 Å². The van der Waals surface area contributed by atoms with E-state index in [1.54, 1.807) is 0 Å². The van der Waals surface area contributed by atoms with Crippen molar-refractivity contribution in [3.63, 3.8) is 0 Å². The van der Waals surface area contributed by atoms with Gasteiger partial charge in [0.05, 0.1) is 6.54 Å². The summed E-state index contributed by atoms with van der Waals surface area (Å²) in [6, 6.07) is 0.552. The number of terminal acetylenes is 1. The quantitative estimate of drug-likeness (QED) is 0.546. The minimum atomic E-state index is 0.552. The minimum absolute atomic E-state index is 0.552. The van der Waals surface area contributed by atoms with E-state index >= 15 is 0 Å². The fourth-order valence-corrected chi connectivity index (χ4v) is 1.49. The third-order valence-electron chi connectivity index (χ3n) is 2.07. The van der Waals surface area contributed by atoms with Gasteiger partial charge in [0, 0.05) is 12.6 Å². The number of hydrogen-bond donors (Lipinski definition) is 1. The molecule has 2 nitrogen and oxygen atoms in total. The summed E-state index contributed by atoms with van der Waals surface area (Å²) in [6.45, 7) is 2.65. The molecule has 1 atom stereocenters. The van der Waals surface area contributed by atoms with E-state index in [4.69, 9.17) is 12.2 Å². The van der Waals surface area contributed by atoms with Crippen molar-refractivity contribution in [1.82, 2.24) is 4.90 Å². The van der Waals surface area contributed by atoms with E-state index in [1.165, 1.54) is 12.8 Å². The smallest absolute Gasteiger partial charge is 0.0601 e. The normalized spacial score (nSPS) is 26.6. The topological polar surface area (TPSA) is 29.3 Å². The predicted octanol–water partition coefficient (Wildman–Crippen LogP) is 0.0427. The van der Waals surface area contributed by atoms with Crippen LogP contribution >= 0.6 is 0 Å². The van der Waals surface area contributed by atoms with Gasteiger partial charge in [-0.3, -0.25) is 4.90 Å². The van der Waals surface area contributed by atoms with E-state index in [2.05, 4.69) is 10.8 Å². The fraction of sp³-hybridized carbons (Fsp3) is 0.750. The van der Waals surface area contributed by atoms with Gasteiger partial charge in [-0.2, -0.15) is 0 Å². The van der Waals surface area contributed by atoms with Gasteiger partial charge in [0.2, 0.25) is 0 Å². The first kappa shape index (κ1) is 7.59. The van der Waals surface area contributed by atoms with Gasteiger partial charge in [0.15, 0.2) is 0 Å². The number of hydrogen-bond acceptors (Lipinski definition) is 2. The lowest BCUT2D eigenvalue weighted by Gasteiger charge is -2.19. The van der Waals surface area contributed by atoms with Gasteiger partial charge in [0.1, 0.15) is 0 Å². The zero-order valence-corrected chi connectivity index (χ0v) is 6.21. The van der Waals surface area contributed by atoms with E-state index < -0.39 is 0 Å². The van der Waals surface area contributed by atoms with Crippen molar-refractivity contribution in [3.05, 3.63) is 0 Å². The van der Waals surface area contributed by atoms with Crippen molar-refractivity contribution >= 4 is 0 Å². The Kier molecular flexibility index (Phi) is 2.73. The van der Waals surface area contributed by atoms with E-state index in [1.807, 2.05) is 0 Å².